The summed E-state index contributed by atoms with van der Waals surface area (Å²) in [5.74, 6) is 0.857. The highest BCUT2D eigenvalue weighted by atomic mass is 32.1. The van der Waals surface area contributed by atoms with Gasteiger partial charge < -0.3 is 15.0 Å². The molecule has 9 heteroatoms. The van der Waals surface area contributed by atoms with Crippen molar-refractivity contribution in [2.45, 2.75) is 25.7 Å². The second-order valence-corrected chi connectivity index (χ2v) is 6.95. The molecule has 26 heavy (non-hydrogen) atoms. The van der Waals surface area contributed by atoms with Crippen LogP contribution < -0.4 is 15.4 Å². The number of amides is 3. The number of nitrogens with one attached hydrogen (secondary N) is 2. The van der Waals surface area contributed by atoms with Gasteiger partial charge in [-0.1, -0.05) is 17.4 Å². The zero-order valence-corrected chi connectivity index (χ0v) is 15.5. The van der Waals surface area contributed by atoms with Crippen molar-refractivity contribution in [2.24, 2.45) is 0 Å². The number of likely N-dealkylation sites (N-methyl/N-ethyl adjacent to an activating group) is 1. The van der Waals surface area contributed by atoms with Gasteiger partial charge in [-0.25, -0.2) is 4.79 Å². The number of aromatic nitrogens is 2. The Morgan fingerprint density at radius 2 is 2.12 bits per heavy atom. The Bertz CT molecular complexity index is 790. The number of carbonyl (C=O) groups excluding carboxylic acids is 2. The molecule has 1 aliphatic carbocycles. The van der Waals surface area contributed by atoms with Crippen LogP contribution >= 0.6 is 11.3 Å². The first-order valence-electron chi connectivity index (χ1n) is 8.42. The molecule has 1 heterocycles. The fraction of sp³-hybridized carbons (Fsp3) is 0.412. The normalized spacial score (nSPS) is 13.2. The Balaban J connectivity index is 1.54. The van der Waals surface area contributed by atoms with Crippen LogP contribution in [0.1, 0.15) is 30.7 Å². The number of hydrogen-bond acceptors (Lipinski definition) is 6. The number of ether oxygens (including phenoxy) is 1. The first-order chi connectivity index (χ1) is 12.6. The Morgan fingerprint density at radius 3 is 2.81 bits per heavy atom. The molecule has 8 nitrogen and oxygen atoms in total. The summed E-state index contributed by atoms with van der Waals surface area (Å²) in [6.45, 7) is 2.15. The summed E-state index contributed by atoms with van der Waals surface area (Å²) in [5.41, 5.74) is 0.615. The van der Waals surface area contributed by atoms with E-state index in [9.17, 15) is 9.59 Å². The van der Waals surface area contributed by atoms with Crippen LogP contribution in [0.4, 0.5) is 15.6 Å². The van der Waals surface area contributed by atoms with Crippen molar-refractivity contribution in [3.8, 4) is 5.75 Å². The van der Waals surface area contributed by atoms with Crippen LogP contribution in [-0.2, 0) is 4.79 Å². The molecule has 3 rings (SSSR count). The maximum atomic E-state index is 12.4. The van der Waals surface area contributed by atoms with E-state index in [4.69, 9.17) is 4.74 Å². The topological polar surface area (TPSA) is 96.5 Å². The smallest absolute Gasteiger partial charge is 0.324 e. The Kier molecular flexibility index (Phi) is 5.67. The number of hydrogen-bond donors (Lipinski definition) is 2. The van der Waals surface area contributed by atoms with Crippen LogP contribution in [0.3, 0.4) is 0 Å². The molecule has 1 aromatic heterocycles. The van der Waals surface area contributed by atoms with Crippen molar-refractivity contribution in [1.82, 2.24) is 15.1 Å². The highest BCUT2D eigenvalue weighted by Gasteiger charge is 2.28. The van der Waals surface area contributed by atoms with Gasteiger partial charge in [0.2, 0.25) is 11.0 Å². The van der Waals surface area contributed by atoms with Crippen molar-refractivity contribution in [1.29, 1.82) is 0 Å². The number of methoxy groups -OCH3 is 1. The van der Waals surface area contributed by atoms with E-state index in [1.165, 1.54) is 16.2 Å². The maximum absolute atomic E-state index is 12.4. The Labute approximate surface area is 155 Å². The van der Waals surface area contributed by atoms with Crippen molar-refractivity contribution in [3.05, 3.63) is 29.3 Å². The van der Waals surface area contributed by atoms with E-state index >= 15 is 0 Å². The van der Waals surface area contributed by atoms with Crippen LogP contribution in [0, 0.1) is 0 Å². The monoisotopic (exact) mass is 375 g/mol. The summed E-state index contributed by atoms with van der Waals surface area (Å²) in [6, 6.07) is 6.68. The van der Waals surface area contributed by atoms with E-state index in [2.05, 4.69) is 20.8 Å². The van der Waals surface area contributed by atoms with Crippen LogP contribution in [0.5, 0.6) is 5.75 Å². The van der Waals surface area contributed by atoms with E-state index in [0.29, 0.717) is 29.0 Å². The molecule has 0 atom stereocenters. The van der Waals surface area contributed by atoms with Crippen LogP contribution in [0.15, 0.2) is 24.3 Å². The third-order valence-corrected chi connectivity index (χ3v) is 4.94. The van der Waals surface area contributed by atoms with E-state index in [-0.39, 0.29) is 18.5 Å². The van der Waals surface area contributed by atoms with Crippen molar-refractivity contribution in [2.75, 3.05) is 30.8 Å². The summed E-state index contributed by atoms with van der Waals surface area (Å²) in [7, 11) is 1.56. The van der Waals surface area contributed by atoms with Crippen molar-refractivity contribution >= 4 is 34.1 Å². The average Bonchev–Trinajstić information content (AvgIpc) is 3.39. The largest absolute Gasteiger partial charge is 0.497 e. The van der Waals surface area contributed by atoms with Gasteiger partial charge in [-0.2, -0.15) is 0 Å². The van der Waals surface area contributed by atoms with Crippen LogP contribution in [0.25, 0.3) is 0 Å². The van der Waals surface area contributed by atoms with Gasteiger partial charge in [0.05, 0.1) is 7.11 Å². The second-order valence-electron chi connectivity index (χ2n) is 5.94. The number of rotatable bonds is 7. The Hall–Kier alpha value is -2.68. The summed E-state index contributed by atoms with van der Waals surface area (Å²) in [6.07, 6.45) is 2.27. The molecule has 0 saturated heterocycles. The van der Waals surface area contributed by atoms with Gasteiger partial charge in [-0.05, 0) is 31.9 Å². The zero-order valence-electron chi connectivity index (χ0n) is 14.7. The number of nitrogens with zero attached hydrogens (tertiary/aromatic N) is 3. The molecular formula is C17H21N5O3S. The lowest BCUT2D eigenvalue weighted by Gasteiger charge is -2.20. The third-order valence-electron chi connectivity index (χ3n) is 3.94. The molecule has 0 bridgehead atoms. The Morgan fingerprint density at radius 1 is 1.31 bits per heavy atom. The van der Waals surface area contributed by atoms with Gasteiger partial charge in [-0.3, -0.25) is 10.1 Å². The molecule has 1 saturated carbocycles. The molecule has 2 aromatic rings. The summed E-state index contributed by atoms with van der Waals surface area (Å²) in [4.78, 5) is 26.0. The average molecular weight is 375 g/mol. The van der Waals surface area contributed by atoms with E-state index in [1.54, 1.807) is 31.4 Å². The predicted molar refractivity (Wildman–Crippen MR) is 99.8 cm³/mol. The second kappa shape index (κ2) is 8.13. The highest BCUT2D eigenvalue weighted by molar-refractivity contribution is 7.15. The first-order valence-corrected chi connectivity index (χ1v) is 9.24. The lowest BCUT2D eigenvalue weighted by Crippen LogP contribution is -2.40. The lowest BCUT2D eigenvalue weighted by molar-refractivity contribution is -0.116. The van der Waals surface area contributed by atoms with E-state index < -0.39 is 0 Å². The van der Waals surface area contributed by atoms with Crippen LogP contribution in [-0.4, -0.2) is 47.2 Å². The SMILES string of the molecule is CCN(CC(=O)Nc1cccc(OC)c1)C(=O)Nc1nnc(C2CC2)s1. The van der Waals surface area contributed by atoms with E-state index in [0.717, 1.165) is 17.8 Å². The minimum Gasteiger partial charge on any atom is -0.497 e. The van der Waals surface area contributed by atoms with E-state index in [1.807, 2.05) is 6.92 Å². The molecule has 1 aliphatic rings. The fourth-order valence-electron chi connectivity index (χ4n) is 2.35. The molecule has 0 unspecified atom stereocenters. The minimum atomic E-state index is -0.369. The van der Waals surface area contributed by atoms with Gasteiger partial charge in [-0.15, -0.1) is 10.2 Å². The van der Waals surface area contributed by atoms with Gasteiger partial charge in [0.25, 0.3) is 0 Å². The minimum absolute atomic E-state index is 0.0617. The summed E-state index contributed by atoms with van der Waals surface area (Å²) in [5, 5.41) is 15.0. The van der Waals surface area contributed by atoms with Gasteiger partial charge >= 0.3 is 6.03 Å². The van der Waals surface area contributed by atoms with Crippen molar-refractivity contribution < 1.29 is 14.3 Å². The molecule has 3 amide bonds. The number of urea groups is 1. The molecule has 2 N–H and O–H groups in total. The molecule has 138 valence electrons. The van der Waals surface area contributed by atoms with Gasteiger partial charge in [0.15, 0.2) is 0 Å². The van der Waals surface area contributed by atoms with Gasteiger partial charge in [0.1, 0.15) is 17.3 Å². The predicted octanol–water partition coefficient (Wildman–Crippen LogP) is 2.92. The van der Waals surface area contributed by atoms with Gasteiger partial charge in [0, 0.05) is 24.2 Å². The molecule has 0 aliphatic heterocycles. The summed E-state index contributed by atoms with van der Waals surface area (Å²) < 4.78 is 5.13. The zero-order chi connectivity index (χ0) is 18.5. The van der Waals surface area contributed by atoms with Crippen molar-refractivity contribution in [3.63, 3.8) is 0 Å². The third kappa shape index (κ3) is 4.69. The molecular weight excluding hydrogens is 354 g/mol. The number of carbonyl (C=O) groups is 2. The molecule has 0 radical (unpaired) electrons. The molecule has 1 aromatic carbocycles. The van der Waals surface area contributed by atoms with Crippen LogP contribution in [0.2, 0.25) is 0 Å². The fourth-order valence-corrected chi connectivity index (χ4v) is 3.25. The molecule has 1 fully saturated rings. The number of benzene rings is 1. The standard InChI is InChI=1S/C17H21N5O3S/c1-3-22(10-14(23)18-12-5-4-6-13(9-12)25-2)17(24)19-16-21-20-15(26-16)11-7-8-11/h4-6,9,11H,3,7-8,10H2,1-2H3,(H,18,23)(H,19,21,24). The maximum Gasteiger partial charge on any atom is 0.324 e. The first kappa shape index (κ1) is 18.1. The number of anilines is 2. The highest BCUT2D eigenvalue weighted by Crippen LogP contribution is 2.42. The lowest BCUT2D eigenvalue weighted by atomic mass is 10.3. The quantitative estimate of drug-likeness (QED) is 0.776. The molecule has 0 spiro atoms. The summed E-state index contributed by atoms with van der Waals surface area (Å²) >= 11 is 1.39.